The van der Waals surface area contributed by atoms with Gasteiger partial charge in [0, 0.05) is 0 Å². The fourth-order valence-corrected chi connectivity index (χ4v) is 3.31. The van der Waals surface area contributed by atoms with E-state index in [0.29, 0.717) is 0 Å². The molecule has 0 aliphatic rings. The van der Waals surface area contributed by atoms with Crippen LogP contribution in [0.5, 0.6) is 0 Å². The lowest BCUT2D eigenvalue weighted by Gasteiger charge is -2.22. The van der Waals surface area contributed by atoms with Crippen LogP contribution in [0.25, 0.3) is 0 Å². The Morgan fingerprint density at radius 3 is 1.86 bits per heavy atom. The van der Waals surface area contributed by atoms with Crippen molar-refractivity contribution in [2.45, 2.75) is 112 Å². The molecule has 0 fully saturated rings. The predicted octanol–water partition coefficient (Wildman–Crippen LogP) is 7.86. The fourth-order valence-electron chi connectivity index (χ4n) is 3.31. The van der Waals surface area contributed by atoms with Crippen LogP contribution in [-0.2, 0) is 0 Å². The molecule has 0 saturated carbocycles. The van der Waals surface area contributed by atoms with Gasteiger partial charge in [-0.15, -0.1) is 0 Å². The van der Waals surface area contributed by atoms with Gasteiger partial charge in [-0.05, 0) is 30.1 Å². The van der Waals surface area contributed by atoms with Crippen molar-refractivity contribution in [3.8, 4) is 0 Å². The Morgan fingerprint density at radius 2 is 1.29 bits per heavy atom. The summed E-state index contributed by atoms with van der Waals surface area (Å²) in [4.78, 5) is 0. The zero-order chi connectivity index (χ0) is 16.1. The van der Waals surface area contributed by atoms with Crippen LogP contribution in [0.1, 0.15) is 112 Å². The van der Waals surface area contributed by atoms with Gasteiger partial charge in [-0.3, -0.25) is 0 Å². The van der Waals surface area contributed by atoms with Gasteiger partial charge in [-0.1, -0.05) is 106 Å². The Kier molecular flexibility index (Phi) is 13.6. The van der Waals surface area contributed by atoms with Gasteiger partial charge in [0.2, 0.25) is 0 Å². The minimum atomic E-state index is 0.845. The molecule has 0 rings (SSSR count). The zero-order valence-electron chi connectivity index (χ0n) is 16.1. The number of unbranched alkanes of at least 4 members (excludes halogenated alkanes) is 5. The summed E-state index contributed by atoms with van der Waals surface area (Å²) in [5.41, 5.74) is 0. The van der Waals surface area contributed by atoms with E-state index in [0.717, 1.165) is 23.7 Å². The average Bonchev–Trinajstić information content (AvgIpc) is 2.45. The zero-order valence-corrected chi connectivity index (χ0v) is 16.1. The summed E-state index contributed by atoms with van der Waals surface area (Å²) in [6, 6.07) is 0. The molecule has 0 aliphatic carbocycles. The molecule has 0 saturated heterocycles. The van der Waals surface area contributed by atoms with E-state index in [2.05, 4.69) is 41.5 Å². The van der Waals surface area contributed by atoms with Crippen LogP contribution in [0.3, 0.4) is 0 Å². The second kappa shape index (κ2) is 13.6. The number of hydrogen-bond donors (Lipinski definition) is 0. The molecule has 0 heterocycles. The Labute approximate surface area is 136 Å². The van der Waals surface area contributed by atoms with Gasteiger partial charge in [0.1, 0.15) is 0 Å². The molecule has 0 nitrogen and oxygen atoms in total. The normalized spacial score (nSPS) is 16.1. The third-order valence-corrected chi connectivity index (χ3v) is 5.52. The van der Waals surface area contributed by atoms with Crippen molar-refractivity contribution >= 4 is 0 Å². The van der Waals surface area contributed by atoms with Crippen molar-refractivity contribution in [2.24, 2.45) is 23.7 Å². The molecule has 0 amide bonds. The minimum absolute atomic E-state index is 0.845. The molecular weight excluding hydrogens is 252 g/mol. The minimum Gasteiger partial charge on any atom is -0.0654 e. The maximum absolute atomic E-state index is 2.47. The smallest absolute Gasteiger partial charge is 0.0417 e. The molecular formula is C21H44. The molecule has 0 aromatic heterocycles. The Bertz CT molecular complexity index is 206. The lowest BCUT2D eigenvalue weighted by atomic mass is 9.84. The molecule has 0 aromatic rings. The van der Waals surface area contributed by atoms with E-state index >= 15 is 0 Å². The van der Waals surface area contributed by atoms with E-state index < -0.39 is 0 Å². The van der Waals surface area contributed by atoms with Crippen LogP contribution < -0.4 is 0 Å². The van der Waals surface area contributed by atoms with Gasteiger partial charge in [-0.25, -0.2) is 0 Å². The van der Waals surface area contributed by atoms with Crippen LogP contribution in [0.15, 0.2) is 0 Å². The molecule has 3 unspecified atom stereocenters. The van der Waals surface area contributed by atoms with Crippen molar-refractivity contribution in [2.75, 3.05) is 0 Å². The summed E-state index contributed by atoms with van der Waals surface area (Å²) in [5.74, 6) is 3.64. The molecule has 0 aromatic carbocycles. The number of rotatable bonds is 14. The third kappa shape index (κ3) is 12.2. The van der Waals surface area contributed by atoms with Crippen molar-refractivity contribution in [1.29, 1.82) is 0 Å². The Balaban J connectivity index is 3.68. The first-order valence-electron chi connectivity index (χ1n) is 10.0. The fraction of sp³-hybridized carbons (Fsp3) is 1.00. The third-order valence-electron chi connectivity index (χ3n) is 5.52. The highest BCUT2D eigenvalue weighted by Gasteiger charge is 2.14. The quantitative estimate of drug-likeness (QED) is 0.286. The molecule has 0 aliphatic heterocycles. The summed E-state index contributed by atoms with van der Waals surface area (Å²) in [5, 5.41) is 0. The van der Waals surface area contributed by atoms with E-state index in [1.165, 1.54) is 70.6 Å². The van der Waals surface area contributed by atoms with E-state index in [4.69, 9.17) is 0 Å². The number of hydrogen-bond acceptors (Lipinski definition) is 0. The van der Waals surface area contributed by atoms with Gasteiger partial charge in [-0.2, -0.15) is 0 Å². The van der Waals surface area contributed by atoms with Crippen LogP contribution in [0.4, 0.5) is 0 Å². The predicted molar refractivity (Wildman–Crippen MR) is 98.8 cm³/mol. The van der Waals surface area contributed by atoms with Crippen LogP contribution in [-0.4, -0.2) is 0 Å². The molecule has 21 heavy (non-hydrogen) atoms. The van der Waals surface area contributed by atoms with Crippen molar-refractivity contribution in [3.63, 3.8) is 0 Å². The Hall–Kier alpha value is 0. The standard InChI is InChI=1S/C21H44/c1-7-9-10-11-12-13-14-21(8-2)16-15-19(5)17-20(6)18(3)4/h18-21H,7-17H2,1-6H3. The summed E-state index contributed by atoms with van der Waals surface area (Å²) in [7, 11) is 0. The van der Waals surface area contributed by atoms with Gasteiger partial charge < -0.3 is 0 Å². The van der Waals surface area contributed by atoms with Gasteiger partial charge in [0.25, 0.3) is 0 Å². The lowest BCUT2D eigenvalue weighted by molar-refractivity contribution is 0.295. The maximum atomic E-state index is 2.47. The first kappa shape index (κ1) is 21.0. The molecule has 0 radical (unpaired) electrons. The average molecular weight is 297 g/mol. The topological polar surface area (TPSA) is 0 Å². The second-order valence-electron chi connectivity index (χ2n) is 7.97. The second-order valence-corrected chi connectivity index (χ2v) is 7.97. The van der Waals surface area contributed by atoms with Gasteiger partial charge >= 0.3 is 0 Å². The first-order valence-corrected chi connectivity index (χ1v) is 10.0. The maximum Gasteiger partial charge on any atom is -0.0417 e. The first-order chi connectivity index (χ1) is 10.0. The molecule has 0 N–H and O–H groups in total. The molecule has 0 spiro atoms. The summed E-state index contributed by atoms with van der Waals surface area (Å²) < 4.78 is 0. The molecule has 128 valence electrons. The molecule has 0 heteroatoms. The van der Waals surface area contributed by atoms with Gasteiger partial charge in [0.15, 0.2) is 0 Å². The molecule has 0 bridgehead atoms. The van der Waals surface area contributed by atoms with Crippen molar-refractivity contribution < 1.29 is 0 Å². The van der Waals surface area contributed by atoms with E-state index in [1.54, 1.807) is 0 Å². The van der Waals surface area contributed by atoms with Crippen LogP contribution >= 0.6 is 0 Å². The van der Waals surface area contributed by atoms with Crippen LogP contribution in [0.2, 0.25) is 0 Å². The van der Waals surface area contributed by atoms with E-state index in [1.807, 2.05) is 0 Å². The highest BCUT2D eigenvalue weighted by atomic mass is 14.2. The largest absolute Gasteiger partial charge is 0.0654 e. The summed E-state index contributed by atoms with van der Waals surface area (Å²) in [6.45, 7) is 14.3. The van der Waals surface area contributed by atoms with Gasteiger partial charge in [0.05, 0.1) is 0 Å². The van der Waals surface area contributed by atoms with Crippen molar-refractivity contribution in [3.05, 3.63) is 0 Å². The van der Waals surface area contributed by atoms with E-state index in [9.17, 15) is 0 Å². The Morgan fingerprint density at radius 1 is 0.667 bits per heavy atom. The van der Waals surface area contributed by atoms with Crippen LogP contribution in [0, 0.1) is 23.7 Å². The van der Waals surface area contributed by atoms with E-state index in [-0.39, 0.29) is 0 Å². The molecule has 3 atom stereocenters. The lowest BCUT2D eigenvalue weighted by Crippen LogP contribution is -2.10. The highest BCUT2D eigenvalue weighted by molar-refractivity contribution is 4.66. The SMILES string of the molecule is CCCCCCCCC(CC)CCC(C)CC(C)C(C)C. The highest BCUT2D eigenvalue weighted by Crippen LogP contribution is 2.26. The summed E-state index contributed by atoms with van der Waals surface area (Å²) >= 11 is 0. The monoisotopic (exact) mass is 296 g/mol. The van der Waals surface area contributed by atoms with Crippen molar-refractivity contribution in [1.82, 2.24) is 0 Å². The summed E-state index contributed by atoms with van der Waals surface area (Å²) in [6.07, 6.45) is 15.9.